The van der Waals surface area contributed by atoms with Gasteiger partial charge in [-0.15, -0.1) is 0 Å². The van der Waals surface area contributed by atoms with E-state index in [1.165, 1.54) is 9.80 Å². The van der Waals surface area contributed by atoms with Gasteiger partial charge in [-0.2, -0.15) is 0 Å². The molecule has 1 aromatic rings. The second-order valence-corrected chi connectivity index (χ2v) is 15.8. The zero-order chi connectivity index (χ0) is 34.3. The predicted octanol–water partition coefficient (Wildman–Crippen LogP) is 3.24. The third-order valence-electron chi connectivity index (χ3n) is 10.0. The van der Waals surface area contributed by atoms with E-state index in [-0.39, 0.29) is 45.4 Å². The number of carbonyl (C=O) groups excluding carboxylic acids is 4. The maximum atomic E-state index is 14.1. The number of sulfonamides is 1. The Balaban J connectivity index is 1.22. The normalized spacial score (nSPS) is 30.6. The van der Waals surface area contributed by atoms with E-state index in [0.717, 1.165) is 30.4 Å². The van der Waals surface area contributed by atoms with Gasteiger partial charge in [-0.1, -0.05) is 48.7 Å². The van der Waals surface area contributed by atoms with Crippen molar-refractivity contribution in [2.75, 3.05) is 13.2 Å². The van der Waals surface area contributed by atoms with Gasteiger partial charge >= 0.3 is 6.09 Å². The van der Waals surface area contributed by atoms with Crippen LogP contribution in [0.25, 0.3) is 0 Å². The molecule has 262 valence electrons. The average molecular weight is 727 g/mol. The highest BCUT2D eigenvalue weighted by Gasteiger charge is 2.64. The molecule has 3 aliphatic heterocycles. The van der Waals surface area contributed by atoms with Crippen LogP contribution in [0.4, 0.5) is 4.79 Å². The topological polar surface area (TPSA) is 163 Å². The van der Waals surface area contributed by atoms with Crippen LogP contribution in [0.1, 0.15) is 75.8 Å². The lowest BCUT2D eigenvalue weighted by Crippen LogP contribution is -2.58. The van der Waals surface area contributed by atoms with E-state index in [1.807, 2.05) is 24.3 Å². The summed E-state index contributed by atoms with van der Waals surface area (Å²) in [6.45, 7) is 2.36. The molecule has 3 fully saturated rings. The minimum atomic E-state index is -4.20. The van der Waals surface area contributed by atoms with E-state index in [1.54, 1.807) is 13.0 Å². The molecule has 0 spiro atoms. The molecule has 5 aliphatic rings. The highest BCUT2D eigenvalue weighted by Crippen LogP contribution is 2.48. The number of allylic oxidation sites excluding steroid dienone is 1. The molecule has 2 aliphatic carbocycles. The van der Waals surface area contributed by atoms with Crippen LogP contribution in [-0.2, 0) is 47.0 Å². The Kier molecular flexibility index (Phi) is 10.0. The maximum absolute atomic E-state index is 14.1. The monoisotopic (exact) mass is 725 g/mol. The minimum Gasteiger partial charge on any atom is -0.444 e. The molecular formula is C32H41Cl2N5O8S. The van der Waals surface area contributed by atoms with Crippen LogP contribution in [0.2, 0.25) is 5.02 Å². The molecule has 0 bridgehead atoms. The molecule has 0 aromatic heterocycles. The van der Waals surface area contributed by atoms with Gasteiger partial charge in [-0.3, -0.25) is 19.3 Å². The lowest BCUT2D eigenvalue weighted by Gasteiger charge is -2.29. The Morgan fingerprint density at radius 2 is 1.94 bits per heavy atom. The van der Waals surface area contributed by atoms with Gasteiger partial charge in [0.25, 0.3) is 15.9 Å². The van der Waals surface area contributed by atoms with E-state index in [2.05, 4.69) is 14.9 Å². The fourth-order valence-electron chi connectivity index (χ4n) is 7.02. The van der Waals surface area contributed by atoms with Crippen molar-refractivity contribution in [3.63, 3.8) is 0 Å². The first-order valence-corrected chi connectivity index (χ1v) is 18.8. The fraction of sp³-hybridized carbons (Fsp3) is 0.625. The molecule has 4 amide bonds. The van der Waals surface area contributed by atoms with Crippen LogP contribution in [0, 0.1) is 5.92 Å². The van der Waals surface area contributed by atoms with Gasteiger partial charge in [0.05, 0.1) is 13.1 Å². The Labute approximate surface area is 290 Å². The smallest absolute Gasteiger partial charge is 0.410 e. The number of carbonyl (C=O) groups is 4. The van der Waals surface area contributed by atoms with E-state index in [0.29, 0.717) is 24.4 Å². The SMILES string of the molecule is CCOC1(S(=O)(=O)NC(=O)[C@@]23C[C@H]2/C=C\CCCCC[C@H](NCl)C(=O)N2C[C@H](OC(=O)N4Cc5cccc(Cl)c5C4)C[C@H]2C(=O)N3)CC1. The van der Waals surface area contributed by atoms with Crippen LogP contribution in [0.15, 0.2) is 30.4 Å². The number of fused-ring (bicyclic) bond motifs is 3. The molecule has 1 aromatic carbocycles. The molecule has 2 saturated carbocycles. The average Bonchev–Trinajstić information content (AvgIpc) is 3.87. The number of halogens is 2. The second kappa shape index (κ2) is 13.8. The molecule has 1 saturated heterocycles. The van der Waals surface area contributed by atoms with Crippen molar-refractivity contribution in [3.8, 4) is 0 Å². The minimum absolute atomic E-state index is 0.0240. The van der Waals surface area contributed by atoms with Crippen molar-refractivity contribution in [1.82, 2.24) is 24.7 Å². The van der Waals surface area contributed by atoms with Crippen molar-refractivity contribution in [2.24, 2.45) is 5.92 Å². The van der Waals surface area contributed by atoms with E-state index in [4.69, 9.17) is 32.9 Å². The largest absolute Gasteiger partial charge is 0.444 e. The van der Waals surface area contributed by atoms with Gasteiger partial charge in [0.1, 0.15) is 23.7 Å². The quantitative estimate of drug-likeness (QED) is 0.283. The highest BCUT2D eigenvalue weighted by molar-refractivity contribution is 7.91. The van der Waals surface area contributed by atoms with Gasteiger partial charge in [0.15, 0.2) is 4.93 Å². The number of benzene rings is 1. The number of rotatable bonds is 7. The number of ether oxygens (including phenoxy) is 2. The Morgan fingerprint density at radius 1 is 1.15 bits per heavy atom. The summed E-state index contributed by atoms with van der Waals surface area (Å²) < 4.78 is 40.0. The fourth-order valence-corrected chi connectivity index (χ4v) is 9.00. The standard InChI is InChI=1S/C32H41Cl2N5O8S/c1-2-46-31(13-14-31)48(44,45)37-29(42)32-16-21(32)10-6-4-3-5-7-12-25(36-34)28(41)39-18-22(15-26(39)27(40)35-32)47-30(43)38-17-20-9-8-11-24(33)23(20)19-38/h6,8-11,21-22,25-26,36H,2-5,7,12-19H2,1H3,(H,35,40)(H,37,42)/b10-6-/t21-,22-,25+,26+,32-/m1/s1. The van der Waals surface area contributed by atoms with E-state index >= 15 is 0 Å². The summed E-state index contributed by atoms with van der Waals surface area (Å²) in [5.41, 5.74) is 0.210. The lowest BCUT2D eigenvalue weighted by molar-refractivity contribution is -0.141. The summed E-state index contributed by atoms with van der Waals surface area (Å²) in [5, 5.41) is 3.37. The van der Waals surface area contributed by atoms with Crippen LogP contribution in [-0.4, -0.2) is 83.8 Å². The van der Waals surface area contributed by atoms with Crippen LogP contribution in [0.5, 0.6) is 0 Å². The molecule has 16 heteroatoms. The van der Waals surface area contributed by atoms with Crippen LogP contribution < -0.4 is 14.9 Å². The number of nitrogens with one attached hydrogen (secondary N) is 3. The summed E-state index contributed by atoms with van der Waals surface area (Å²) >= 11 is 12.4. The summed E-state index contributed by atoms with van der Waals surface area (Å²) in [7, 11) is -4.20. The number of nitrogens with zero attached hydrogens (tertiary/aromatic N) is 2. The third kappa shape index (κ3) is 6.78. The molecule has 0 unspecified atom stereocenters. The zero-order valence-corrected chi connectivity index (χ0v) is 29.0. The van der Waals surface area contributed by atoms with Crippen molar-refractivity contribution in [1.29, 1.82) is 0 Å². The van der Waals surface area contributed by atoms with E-state index in [9.17, 15) is 27.6 Å². The highest BCUT2D eigenvalue weighted by atomic mass is 35.5. The first-order chi connectivity index (χ1) is 22.9. The molecule has 3 heterocycles. The van der Waals surface area contributed by atoms with Gasteiger partial charge in [-0.25, -0.2) is 22.8 Å². The van der Waals surface area contributed by atoms with Crippen molar-refractivity contribution >= 4 is 57.2 Å². The molecular weight excluding hydrogens is 685 g/mol. The van der Waals surface area contributed by atoms with Crippen LogP contribution in [0.3, 0.4) is 0 Å². The van der Waals surface area contributed by atoms with Crippen molar-refractivity contribution in [2.45, 2.75) is 106 Å². The summed E-state index contributed by atoms with van der Waals surface area (Å²) in [5.74, 6) is -2.39. The molecule has 5 atom stereocenters. The second-order valence-electron chi connectivity index (χ2n) is 13.3. The van der Waals surface area contributed by atoms with Gasteiger partial charge < -0.3 is 19.7 Å². The first kappa shape index (κ1) is 34.9. The molecule has 0 radical (unpaired) electrons. The summed E-state index contributed by atoms with van der Waals surface area (Å²) in [4.78, 5) is 58.9. The predicted molar refractivity (Wildman–Crippen MR) is 176 cm³/mol. The number of hydrogen-bond donors (Lipinski definition) is 3. The lowest BCUT2D eigenvalue weighted by atomic mass is 10.1. The first-order valence-electron chi connectivity index (χ1n) is 16.5. The third-order valence-corrected chi connectivity index (χ3v) is 12.6. The summed E-state index contributed by atoms with van der Waals surface area (Å²) in [6, 6.07) is 3.56. The molecule has 6 rings (SSSR count). The maximum Gasteiger partial charge on any atom is 0.410 e. The Bertz CT molecular complexity index is 1600. The molecule has 48 heavy (non-hydrogen) atoms. The molecule has 3 N–H and O–H groups in total. The zero-order valence-electron chi connectivity index (χ0n) is 26.7. The number of hydrogen-bond acceptors (Lipinski definition) is 9. The van der Waals surface area contributed by atoms with Crippen LogP contribution >= 0.6 is 23.4 Å². The number of amides is 4. The van der Waals surface area contributed by atoms with Crippen molar-refractivity contribution < 1.29 is 37.1 Å². The Morgan fingerprint density at radius 3 is 2.65 bits per heavy atom. The van der Waals surface area contributed by atoms with E-state index < -0.39 is 68.4 Å². The van der Waals surface area contributed by atoms with Gasteiger partial charge in [0.2, 0.25) is 11.8 Å². The Hall–Kier alpha value is -2.91. The van der Waals surface area contributed by atoms with Gasteiger partial charge in [0, 0.05) is 30.5 Å². The van der Waals surface area contributed by atoms with Gasteiger partial charge in [-0.05, 0) is 74.4 Å². The summed E-state index contributed by atoms with van der Waals surface area (Å²) in [6.07, 6.45) is 6.54. The van der Waals surface area contributed by atoms with Crippen molar-refractivity contribution in [3.05, 3.63) is 46.5 Å². The molecule has 13 nitrogen and oxygen atoms in total.